The zero-order valence-electron chi connectivity index (χ0n) is 11.7. The highest BCUT2D eigenvalue weighted by atomic mass is 16.4. The SMILES string of the molecule is CCC1CCN(CCc2ccnn2C)C(C(=O)O)C1. The van der Waals surface area contributed by atoms with E-state index in [0.29, 0.717) is 5.92 Å². The molecule has 1 aromatic rings. The summed E-state index contributed by atoms with van der Waals surface area (Å²) in [6.07, 6.45) is 5.63. The third-order valence-electron chi connectivity index (χ3n) is 4.26. The molecule has 5 nitrogen and oxygen atoms in total. The van der Waals surface area contributed by atoms with Gasteiger partial charge in [-0.25, -0.2) is 0 Å². The molecule has 0 aliphatic carbocycles. The van der Waals surface area contributed by atoms with Crippen LogP contribution in [0.1, 0.15) is 31.9 Å². The number of carboxylic acids is 1. The highest BCUT2D eigenvalue weighted by molar-refractivity contribution is 5.73. The lowest BCUT2D eigenvalue weighted by Crippen LogP contribution is -2.47. The zero-order valence-corrected chi connectivity index (χ0v) is 11.7. The Morgan fingerprint density at radius 2 is 2.37 bits per heavy atom. The van der Waals surface area contributed by atoms with Gasteiger partial charge in [0.15, 0.2) is 0 Å². The molecule has 0 spiro atoms. The minimum absolute atomic E-state index is 0.313. The maximum atomic E-state index is 11.4. The van der Waals surface area contributed by atoms with Crippen molar-refractivity contribution in [2.75, 3.05) is 13.1 Å². The van der Waals surface area contributed by atoms with Crippen molar-refractivity contribution in [1.29, 1.82) is 0 Å². The van der Waals surface area contributed by atoms with Crippen LogP contribution in [0.3, 0.4) is 0 Å². The quantitative estimate of drug-likeness (QED) is 0.877. The molecule has 1 aliphatic heterocycles. The summed E-state index contributed by atoms with van der Waals surface area (Å²) < 4.78 is 1.86. The average molecular weight is 265 g/mol. The van der Waals surface area contributed by atoms with Gasteiger partial charge in [0.25, 0.3) is 0 Å². The number of piperidine rings is 1. The second-order valence-corrected chi connectivity index (χ2v) is 5.38. The lowest BCUT2D eigenvalue weighted by Gasteiger charge is -2.36. The Bertz CT molecular complexity index is 430. The van der Waals surface area contributed by atoms with Crippen LogP contribution >= 0.6 is 0 Å². The van der Waals surface area contributed by atoms with Gasteiger partial charge in [0.05, 0.1) is 0 Å². The summed E-state index contributed by atoms with van der Waals surface area (Å²) in [5.74, 6) is -0.114. The van der Waals surface area contributed by atoms with Crippen molar-refractivity contribution in [3.05, 3.63) is 18.0 Å². The summed E-state index contributed by atoms with van der Waals surface area (Å²) in [7, 11) is 1.92. The number of hydrogen-bond acceptors (Lipinski definition) is 3. The van der Waals surface area contributed by atoms with E-state index in [1.807, 2.05) is 17.8 Å². The number of aromatic nitrogens is 2. The third-order valence-corrected chi connectivity index (χ3v) is 4.26. The molecule has 0 saturated carbocycles. The van der Waals surface area contributed by atoms with Crippen LogP contribution in [0.4, 0.5) is 0 Å². The second kappa shape index (κ2) is 6.19. The minimum Gasteiger partial charge on any atom is -0.480 e. The Labute approximate surface area is 114 Å². The minimum atomic E-state index is -0.678. The van der Waals surface area contributed by atoms with Gasteiger partial charge in [0.2, 0.25) is 0 Å². The molecule has 19 heavy (non-hydrogen) atoms. The van der Waals surface area contributed by atoms with Gasteiger partial charge in [-0.15, -0.1) is 0 Å². The van der Waals surface area contributed by atoms with Gasteiger partial charge in [-0.3, -0.25) is 14.4 Å². The Balaban J connectivity index is 1.94. The molecule has 0 bridgehead atoms. The summed E-state index contributed by atoms with van der Waals surface area (Å²) in [5.41, 5.74) is 1.15. The van der Waals surface area contributed by atoms with E-state index < -0.39 is 5.97 Å². The molecule has 5 heteroatoms. The first kappa shape index (κ1) is 14.1. The number of hydrogen-bond donors (Lipinski definition) is 1. The smallest absolute Gasteiger partial charge is 0.320 e. The van der Waals surface area contributed by atoms with Gasteiger partial charge < -0.3 is 5.11 Å². The molecular formula is C14H23N3O2. The molecule has 1 saturated heterocycles. The number of aryl methyl sites for hydroxylation is 1. The van der Waals surface area contributed by atoms with Crippen molar-refractivity contribution in [2.24, 2.45) is 13.0 Å². The summed E-state index contributed by atoms with van der Waals surface area (Å²) in [5, 5.41) is 13.5. The molecule has 1 fully saturated rings. The summed E-state index contributed by atoms with van der Waals surface area (Å²) in [6.45, 7) is 3.84. The maximum Gasteiger partial charge on any atom is 0.320 e. The first-order valence-corrected chi connectivity index (χ1v) is 7.05. The van der Waals surface area contributed by atoms with Crippen LogP contribution in [0, 0.1) is 5.92 Å². The van der Waals surface area contributed by atoms with Crippen LogP contribution in [0.15, 0.2) is 12.3 Å². The first-order valence-electron chi connectivity index (χ1n) is 7.05. The van der Waals surface area contributed by atoms with E-state index in [4.69, 9.17) is 0 Å². The lowest BCUT2D eigenvalue weighted by atomic mass is 9.89. The highest BCUT2D eigenvalue weighted by Crippen LogP contribution is 2.25. The lowest BCUT2D eigenvalue weighted by molar-refractivity contribution is -0.145. The van der Waals surface area contributed by atoms with Crippen LogP contribution in [-0.2, 0) is 18.3 Å². The van der Waals surface area contributed by atoms with E-state index in [0.717, 1.165) is 44.5 Å². The molecule has 106 valence electrons. The Morgan fingerprint density at radius 3 is 2.95 bits per heavy atom. The van der Waals surface area contributed by atoms with Gasteiger partial charge >= 0.3 is 5.97 Å². The largest absolute Gasteiger partial charge is 0.480 e. The maximum absolute atomic E-state index is 11.4. The molecule has 2 atom stereocenters. The van der Waals surface area contributed by atoms with E-state index in [-0.39, 0.29) is 6.04 Å². The van der Waals surface area contributed by atoms with Crippen molar-refractivity contribution in [3.63, 3.8) is 0 Å². The molecule has 2 heterocycles. The van der Waals surface area contributed by atoms with Crippen LogP contribution < -0.4 is 0 Å². The normalized spacial score (nSPS) is 24.5. The van der Waals surface area contributed by atoms with E-state index >= 15 is 0 Å². The predicted molar refractivity (Wildman–Crippen MR) is 72.9 cm³/mol. The van der Waals surface area contributed by atoms with Crippen LogP contribution in [0.2, 0.25) is 0 Å². The van der Waals surface area contributed by atoms with Gasteiger partial charge in [0, 0.05) is 31.9 Å². The van der Waals surface area contributed by atoms with E-state index in [2.05, 4.69) is 16.9 Å². The molecule has 2 rings (SSSR count). The third kappa shape index (κ3) is 3.35. The molecule has 1 aromatic heterocycles. The fourth-order valence-corrected chi connectivity index (χ4v) is 2.89. The van der Waals surface area contributed by atoms with Crippen molar-refractivity contribution in [1.82, 2.24) is 14.7 Å². The van der Waals surface area contributed by atoms with Crippen LogP contribution in [0.5, 0.6) is 0 Å². The molecule has 1 aliphatic rings. The second-order valence-electron chi connectivity index (χ2n) is 5.38. The fraction of sp³-hybridized carbons (Fsp3) is 0.714. The molecule has 0 radical (unpaired) electrons. The van der Waals surface area contributed by atoms with E-state index in [1.54, 1.807) is 6.20 Å². The van der Waals surface area contributed by atoms with E-state index in [9.17, 15) is 9.90 Å². The number of nitrogens with zero attached hydrogens (tertiary/aromatic N) is 3. The fourth-order valence-electron chi connectivity index (χ4n) is 2.89. The number of carbonyl (C=O) groups is 1. The molecule has 0 aromatic carbocycles. The highest BCUT2D eigenvalue weighted by Gasteiger charge is 2.32. The van der Waals surface area contributed by atoms with Gasteiger partial charge in [-0.05, 0) is 31.4 Å². The van der Waals surface area contributed by atoms with Crippen molar-refractivity contribution in [2.45, 2.75) is 38.6 Å². The van der Waals surface area contributed by atoms with Gasteiger partial charge in [-0.1, -0.05) is 13.3 Å². The zero-order chi connectivity index (χ0) is 13.8. The average Bonchev–Trinajstić information content (AvgIpc) is 2.81. The van der Waals surface area contributed by atoms with Crippen molar-refractivity contribution in [3.8, 4) is 0 Å². The number of aliphatic carboxylic acids is 1. The van der Waals surface area contributed by atoms with Crippen LogP contribution in [0.25, 0.3) is 0 Å². The first-order chi connectivity index (χ1) is 9.11. The predicted octanol–water partition coefficient (Wildman–Crippen LogP) is 1.54. The van der Waals surface area contributed by atoms with Crippen molar-refractivity contribution < 1.29 is 9.90 Å². The van der Waals surface area contributed by atoms with Crippen molar-refractivity contribution >= 4 is 5.97 Å². The Kier molecular flexibility index (Phi) is 4.58. The topological polar surface area (TPSA) is 58.4 Å². The van der Waals surface area contributed by atoms with Gasteiger partial charge in [0.1, 0.15) is 6.04 Å². The van der Waals surface area contributed by atoms with Crippen LogP contribution in [-0.4, -0.2) is 44.9 Å². The van der Waals surface area contributed by atoms with E-state index in [1.165, 1.54) is 0 Å². The molecule has 2 unspecified atom stereocenters. The van der Waals surface area contributed by atoms with Gasteiger partial charge in [-0.2, -0.15) is 5.10 Å². The Morgan fingerprint density at radius 1 is 1.58 bits per heavy atom. The number of rotatable bonds is 5. The molecular weight excluding hydrogens is 242 g/mol. The summed E-state index contributed by atoms with van der Waals surface area (Å²) in [4.78, 5) is 13.5. The standard InChI is InChI=1S/C14H23N3O2/c1-3-11-5-8-17(13(10-11)14(18)19)9-6-12-4-7-15-16(12)2/h4,7,11,13H,3,5-6,8-10H2,1-2H3,(H,18,19). The molecule has 1 N–H and O–H groups in total. The molecule has 0 amide bonds. The monoisotopic (exact) mass is 265 g/mol. The summed E-state index contributed by atoms with van der Waals surface area (Å²) in [6, 6.07) is 1.68. The number of likely N-dealkylation sites (tertiary alicyclic amines) is 1. The summed E-state index contributed by atoms with van der Waals surface area (Å²) >= 11 is 0. The Hall–Kier alpha value is -1.36. The number of carboxylic acid groups (broad SMARTS) is 1.